The number of benzene rings is 1. The number of amides is 1. The molecule has 29 heavy (non-hydrogen) atoms. The van der Waals surface area contributed by atoms with Gasteiger partial charge in [0, 0.05) is 18.5 Å². The van der Waals surface area contributed by atoms with Gasteiger partial charge in [0.25, 0.3) is 0 Å². The van der Waals surface area contributed by atoms with Gasteiger partial charge in [0.1, 0.15) is 0 Å². The zero-order valence-electron chi connectivity index (χ0n) is 17.9. The standard InChI is InChI=1S/C23H35N5O/c1-3-17-12-16(13-20-15-25-26-22(17)20)14-21(24)23(29)28-10-6-19(7-11-28)18-4-8-27(2)9-5-18/h12-13,15,18-19,21H,3-11,14,24H2,1-2H3,(H,25,26). The van der Waals surface area contributed by atoms with Gasteiger partial charge in [-0.1, -0.05) is 13.0 Å². The Morgan fingerprint density at radius 1 is 1.17 bits per heavy atom. The van der Waals surface area contributed by atoms with Crippen LogP contribution < -0.4 is 5.73 Å². The predicted molar refractivity (Wildman–Crippen MR) is 117 cm³/mol. The van der Waals surface area contributed by atoms with Crippen LogP contribution in [0, 0.1) is 11.8 Å². The maximum absolute atomic E-state index is 13.0. The molecule has 2 aliphatic rings. The molecule has 1 unspecified atom stereocenters. The first-order chi connectivity index (χ1) is 14.0. The summed E-state index contributed by atoms with van der Waals surface area (Å²) in [6.07, 6.45) is 8.25. The highest BCUT2D eigenvalue weighted by Crippen LogP contribution is 2.32. The van der Waals surface area contributed by atoms with E-state index in [0.29, 0.717) is 6.42 Å². The average molecular weight is 398 g/mol. The number of carbonyl (C=O) groups is 1. The molecule has 2 aromatic rings. The van der Waals surface area contributed by atoms with Crippen molar-refractivity contribution in [2.45, 2.75) is 51.5 Å². The van der Waals surface area contributed by atoms with E-state index in [1.807, 2.05) is 11.1 Å². The molecule has 3 N–H and O–H groups in total. The number of H-pyrrole nitrogens is 1. The van der Waals surface area contributed by atoms with Gasteiger partial charge in [-0.15, -0.1) is 0 Å². The molecule has 3 heterocycles. The van der Waals surface area contributed by atoms with Gasteiger partial charge in [0.15, 0.2) is 0 Å². The van der Waals surface area contributed by atoms with Gasteiger partial charge >= 0.3 is 0 Å². The molecule has 0 saturated carbocycles. The van der Waals surface area contributed by atoms with Gasteiger partial charge in [-0.3, -0.25) is 9.89 Å². The number of aryl methyl sites for hydroxylation is 1. The molecular weight excluding hydrogens is 362 g/mol. The number of hydrogen-bond acceptors (Lipinski definition) is 4. The summed E-state index contributed by atoms with van der Waals surface area (Å²) in [5.74, 6) is 1.73. The van der Waals surface area contributed by atoms with Gasteiger partial charge < -0.3 is 15.5 Å². The van der Waals surface area contributed by atoms with Crippen LogP contribution in [0.5, 0.6) is 0 Å². The SMILES string of the molecule is CCc1cc(CC(N)C(=O)N2CCC(C3CCN(C)CC3)CC2)cc2cn[nH]c12. The molecule has 2 fully saturated rings. The van der Waals surface area contributed by atoms with Crippen molar-refractivity contribution in [1.29, 1.82) is 0 Å². The van der Waals surface area contributed by atoms with E-state index in [4.69, 9.17) is 5.73 Å². The highest BCUT2D eigenvalue weighted by Gasteiger charge is 2.31. The van der Waals surface area contributed by atoms with Crippen LogP contribution in [0.4, 0.5) is 0 Å². The summed E-state index contributed by atoms with van der Waals surface area (Å²) >= 11 is 0. The van der Waals surface area contributed by atoms with Crippen molar-refractivity contribution in [3.8, 4) is 0 Å². The highest BCUT2D eigenvalue weighted by atomic mass is 16.2. The normalized spacial score (nSPS) is 21.0. The van der Waals surface area contributed by atoms with Crippen LogP contribution in [0.2, 0.25) is 0 Å². The molecule has 0 radical (unpaired) electrons. The number of nitrogens with two attached hydrogens (primary N) is 1. The number of nitrogens with zero attached hydrogens (tertiary/aromatic N) is 3. The average Bonchev–Trinajstić information content (AvgIpc) is 3.22. The highest BCUT2D eigenvalue weighted by molar-refractivity contribution is 5.84. The Bertz CT molecular complexity index is 831. The van der Waals surface area contributed by atoms with Crippen molar-refractivity contribution in [2.75, 3.05) is 33.2 Å². The minimum atomic E-state index is -0.469. The maximum atomic E-state index is 13.0. The minimum absolute atomic E-state index is 0.108. The number of aromatic amines is 1. The van der Waals surface area contributed by atoms with Gasteiger partial charge in [-0.05, 0) is 87.7 Å². The molecular formula is C23H35N5O. The van der Waals surface area contributed by atoms with Gasteiger partial charge in [-0.25, -0.2) is 0 Å². The molecule has 1 amide bonds. The number of hydrogen-bond donors (Lipinski definition) is 2. The molecule has 2 saturated heterocycles. The third-order valence-electron chi connectivity index (χ3n) is 7.13. The van der Waals surface area contributed by atoms with E-state index in [-0.39, 0.29) is 5.91 Å². The van der Waals surface area contributed by atoms with E-state index < -0.39 is 6.04 Å². The van der Waals surface area contributed by atoms with Gasteiger partial charge in [0.05, 0.1) is 17.8 Å². The van der Waals surface area contributed by atoms with Crippen molar-refractivity contribution in [3.63, 3.8) is 0 Å². The topological polar surface area (TPSA) is 78.2 Å². The van der Waals surface area contributed by atoms with Crippen LogP contribution in [0.1, 0.15) is 43.7 Å². The summed E-state index contributed by atoms with van der Waals surface area (Å²) in [5.41, 5.74) is 9.81. The molecule has 1 aromatic carbocycles. The Kier molecular flexibility index (Phi) is 6.20. The van der Waals surface area contributed by atoms with Crippen molar-refractivity contribution in [2.24, 2.45) is 17.6 Å². The van der Waals surface area contributed by atoms with Crippen molar-refractivity contribution < 1.29 is 4.79 Å². The van der Waals surface area contributed by atoms with Crippen LogP contribution in [0.15, 0.2) is 18.3 Å². The molecule has 0 bridgehead atoms. The predicted octanol–water partition coefficient (Wildman–Crippen LogP) is 2.58. The van der Waals surface area contributed by atoms with E-state index in [9.17, 15) is 4.79 Å². The fraction of sp³-hybridized carbons (Fsp3) is 0.652. The summed E-state index contributed by atoms with van der Waals surface area (Å²) in [5, 5.41) is 8.32. The lowest BCUT2D eigenvalue weighted by atomic mass is 9.79. The molecule has 1 aromatic heterocycles. The second-order valence-corrected chi connectivity index (χ2v) is 9.06. The summed E-state index contributed by atoms with van der Waals surface area (Å²) in [7, 11) is 2.21. The second kappa shape index (κ2) is 8.84. The van der Waals surface area contributed by atoms with E-state index in [1.165, 1.54) is 31.5 Å². The van der Waals surface area contributed by atoms with Gasteiger partial charge in [0.2, 0.25) is 5.91 Å². The van der Waals surface area contributed by atoms with E-state index in [2.05, 4.69) is 41.2 Å². The van der Waals surface area contributed by atoms with Crippen LogP contribution in [-0.4, -0.2) is 65.2 Å². The number of rotatable bonds is 5. The van der Waals surface area contributed by atoms with Crippen molar-refractivity contribution >= 4 is 16.8 Å². The fourth-order valence-electron chi connectivity index (χ4n) is 5.26. The lowest BCUT2D eigenvalue weighted by Crippen LogP contribution is -2.49. The molecule has 2 aliphatic heterocycles. The van der Waals surface area contributed by atoms with E-state index in [1.54, 1.807) is 0 Å². The van der Waals surface area contributed by atoms with Crippen molar-refractivity contribution in [3.05, 3.63) is 29.5 Å². The first-order valence-electron chi connectivity index (χ1n) is 11.2. The molecule has 1 atom stereocenters. The number of carbonyl (C=O) groups excluding carboxylic acids is 1. The number of aromatic nitrogens is 2. The molecule has 6 nitrogen and oxygen atoms in total. The smallest absolute Gasteiger partial charge is 0.239 e. The second-order valence-electron chi connectivity index (χ2n) is 9.06. The number of nitrogens with one attached hydrogen (secondary N) is 1. The number of likely N-dealkylation sites (tertiary alicyclic amines) is 2. The Morgan fingerprint density at radius 2 is 1.83 bits per heavy atom. The Morgan fingerprint density at radius 3 is 2.48 bits per heavy atom. The summed E-state index contributed by atoms with van der Waals surface area (Å²) in [6.45, 7) is 6.30. The van der Waals surface area contributed by atoms with E-state index in [0.717, 1.165) is 60.7 Å². The zero-order valence-corrected chi connectivity index (χ0v) is 17.9. The lowest BCUT2D eigenvalue weighted by Gasteiger charge is -2.40. The third-order valence-corrected chi connectivity index (χ3v) is 7.13. The van der Waals surface area contributed by atoms with Crippen LogP contribution in [0.3, 0.4) is 0 Å². The van der Waals surface area contributed by atoms with Crippen LogP contribution >= 0.6 is 0 Å². The monoisotopic (exact) mass is 397 g/mol. The van der Waals surface area contributed by atoms with Gasteiger partial charge in [-0.2, -0.15) is 5.10 Å². The Hall–Kier alpha value is -1.92. The van der Waals surface area contributed by atoms with Crippen molar-refractivity contribution in [1.82, 2.24) is 20.0 Å². The summed E-state index contributed by atoms with van der Waals surface area (Å²) in [6, 6.07) is 3.81. The fourth-order valence-corrected chi connectivity index (χ4v) is 5.26. The van der Waals surface area contributed by atoms with E-state index >= 15 is 0 Å². The molecule has 4 rings (SSSR count). The zero-order chi connectivity index (χ0) is 20.4. The van der Waals surface area contributed by atoms with Crippen LogP contribution in [-0.2, 0) is 17.6 Å². The largest absolute Gasteiger partial charge is 0.341 e. The minimum Gasteiger partial charge on any atom is -0.341 e. The Balaban J connectivity index is 1.33. The maximum Gasteiger partial charge on any atom is 0.239 e. The number of fused-ring (bicyclic) bond motifs is 1. The summed E-state index contributed by atoms with van der Waals surface area (Å²) in [4.78, 5) is 17.4. The lowest BCUT2D eigenvalue weighted by molar-refractivity contribution is -0.134. The summed E-state index contributed by atoms with van der Waals surface area (Å²) < 4.78 is 0. The first kappa shape index (κ1) is 20.4. The Labute approximate surface area is 173 Å². The quantitative estimate of drug-likeness (QED) is 0.813. The van der Waals surface area contributed by atoms with Crippen LogP contribution in [0.25, 0.3) is 10.9 Å². The third kappa shape index (κ3) is 4.48. The molecule has 0 aliphatic carbocycles. The molecule has 158 valence electrons. The first-order valence-corrected chi connectivity index (χ1v) is 11.2. The number of piperidine rings is 2. The molecule has 0 spiro atoms. The molecule has 6 heteroatoms.